The SMILES string of the molecule is COc1ccc(CCNC(=O)/C(=N/OC(C)=O)C2CCc3ccccc3C2)cc1OC. The van der Waals surface area contributed by atoms with Crippen molar-refractivity contribution in [2.75, 3.05) is 20.8 Å². The molecule has 1 N–H and O–H groups in total. The van der Waals surface area contributed by atoms with Crippen LogP contribution in [0.4, 0.5) is 0 Å². The maximum atomic E-state index is 12.9. The Labute approximate surface area is 182 Å². The molecular formula is C24H28N2O5. The van der Waals surface area contributed by atoms with Gasteiger partial charge in [-0.25, -0.2) is 4.79 Å². The predicted octanol–water partition coefficient (Wildman–Crippen LogP) is 3.09. The zero-order valence-electron chi connectivity index (χ0n) is 18.1. The summed E-state index contributed by atoms with van der Waals surface area (Å²) in [4.78, 5) is 29.0. The summed E-state index contributed by atoms with van der Waals surface area (Å²) in [5.41, 5.74) is 3.76. The van der Waals surface area contributed by atoms with Crippen LogP contribution in [0.25, 0.3) is 0 Å². The monoisotopic (exact) mass is 424 g/mol. The van der Waals surface area contributed by atoms with Gasteiger partial charge in [0.05, 0.1) is 14.2 Å². The molecule has 1 aliphatic rings. The van der Waals surface area contributed by atoms with Gasteiger partial charge in [-0.05, 0) is 54.5 Å². The van der Waals surface area contributed by atoms with E-state index in [1.165, 1.54) is 18.1 Å². The fourth-order valence-electron chi connectivity index (χ4n) is 3.79. The molecule has 2 aromatic rings. The Kier molecular flexibility index (Phi) is 7.65. The van der Waals surface area contributed by atoms with Gasteiger partial charge in [0.2, 0.25) is 0 Å². The Bertz CT molecular complexity index is 970. The quantitative estimate of drug-likeness (QED) is 0.400. The van der Waals surface area contributed by atoms with Gasteiger partial charge in [-0.2, -0.15) is 0 Å². The second-order valence-corrected chi connectivity index (χ2v) is 7.46. The molecule has 2 aromatic carbocycles. The first-order chi connectivity index (χ1) is 15.0. The van der Waals surface area contributed by atoms with Crippen LogP contribution in [0.1, 0.15) is 30.0 Å². The van der Waals surface area contributed by atoms with Gasteiger partial charge in [-0.1, -0.05) is 35.5 Å². The highest BCUT2D eigenvalue weighted by Crippen LogP contribution is 2.28. The van der Waals surface area contributed by atoms with Crippen molar-refractivity contribution in [2.24, 2.45) is 11.1 Å². The summed E-state index contributed by atoms with van der Waals surface area (Å²) in [7, 11) is 3.18. The highest BCUT2D eigenvalue weighted by molar-refractivity contribution is 6.39. The van der Waals surface area contributed by atoms with Gasteiger partial charge in [0.1, 0.15) is 5.71 Å². The van der Waals surface area contributed by atoms with Crippen LogP contribution in [0.5, 0.6) is 11.5 Å². The van der Waals surface area contributed by atoms with Crippen LogP contribution in [-0.4, -0.2) is 38.4 Å². The maximum absolute atomic E-state index is 12.9. The standard InChI is InChI=1S/C24H28N2O5/c1-16(27)31-26-23(20-10-9-18-6-4-5-7-19(18)15-20)24(28)25-13-12-17-8-11-21(29-2)22(14-17)30-3/h4-8,11,14,20H,9-10,12-13,15H2,1-3H3,(H,25,28)/b26-23+. The molecule has 3 rings (SSSR count). The Balaban J connectivity index is 1.66. The summed E-state index contributed by atoms with van der Waals surface area (Å²) in [5.74, 6) is 0.334. The van der Waals surface area contributed by atoms with E-state index in [9.17, 15) is 9.59 Å². The molecule has 0 aliphatic heterocycles. The van der Waals surface area contributed by atoms with E-state index in [2.05, 4.69) is 22.6 Å². The lowest BCUT2D eigenvalue weighted by Gasteiger charge is -2.25. The van der Waals surface area contributed by atoms with Crippen molar-refractivity contribution < 1.29 is 23.9 Å². The van der Waals surface area contributed by atoms with E-state index in [1.807, 2.05) is 30.3 Å². The molecule has 31 heavy (non-hydrogen) atoms. The van der Waals surface area contributed by atoms with Crippen molar-refractivity contribution in [3.05, 3.63) is 59.2 Å². The number of methoxy groups -OCH3 is 2. The number of rotatable bonds is 8. The van der Waals surface area contributed by atoms with Gasteiger partial charge < -0.3 is 19.6 Å². The number of oxime groups is 1. The molecule has 0 heterocycles. The fraction of sp³-hybridized carbons (Fsp3) is 0.375. The lowest BCUT2D eigenvalue weighted by atomic mass is 9.81. The van der Waals surface area contributed by atoms with Gasteiger partial charge in [0.15, 0.2) is 11.5 Å². The lowest BCUT2D eigenvalue weighted by molar-refractivity contribution is -0.141. The van der Waals surface area contributed by atoms with Gasteiger partial charge in [0, 0.05) is 19.4 Å². The van der Waals surface area contributed by atoms with E-state index in [1.54, 1.807) is 14.2 Å². The number of ether oxygens (including phenoxy) is 2. The zero-order chi connectivity index (χ0) is 22.2. The number of carbonyl (C=O) groups excluding carboxylic acids is 2. The highest BCUT2D eigenvalue weighted by Gasteiger charge is 2.28. The van der Waals surface area contributed by atoms with Crippen LogP contribution in [0.3, 0.4) is 0 Å². The van der Waals surface area contributed by atoms with Crippen LogP contribution in [0.15, 0.2) is 47.6 Å². The third kappa shape index (κ3) is 5.84. The zero-order valence-corrected chi connectivity index (χ0v) is 18.1. The van der Waals surface area contributed by atoms with E-state index in [4.69, 9.17) is 14.3 Å². The molecule has 0 bridgehead atoms. The average molecular weight is 424 g/mol. The summed E-state index contributed by atoms with van der Waals surface area (Å²) < 4.78 is 10.6. The molecule has 164 valence electrons. The normalized spacial score (nSPS) is 15.6. The Morgan fingerprint density at radius 2 is 1.81 bits per heavy atom. The van der Waals surface area contributed by atoms with Crippen molar-refractivity contribution in [3.63, 3.8) is 0 Å². The van der Waals surface area contributed by atoms with Crippen molar-refractivity contribution in [1.29, 1.82) is 0 Å². The van der Waals surface area contributed by atoms with E-state index < -0.39 is 5.97 Å². The molecule has 0 fully saturated rings. The molecule has 0 spiro atoms. The van der Waals surface area contributed by atoms with E-state index in [0.29, 0.717) is 30.9 Å². The average Bonchev–Trinajstić information content (AvgIpc) is 2.78. The van der Waals surface area contributed by atoms with Gasteiger partial charge in [0.25, 0.3) is 5.91 Å². The molecule has 7 nitrogen and oxygen atoms in total. The van der Waals surface area contributed by atoms with E-state index in [0.717, 1.165) is 18.4 Å². The van der Waals surface area contributed by atoms with Gasteiger partial charge >= 0.3 is 5.97 Å². The van der Waals surface area contributed by atoms with Crippen LogP contribution in [0.2, 0.25) is 0 Å². The molecule has 1 atom stereocenters. The van der Waals surface area contributed by atoms with Crippen molar-refractivity contribution >= 4 is 17.6 Å². The van der Waals surface area contributed by atoms with Crippen LogP contribution < -0.4 is 14.8 Å². The number of hydrogen-bond donors (Lipinski definition) is 1. The number of benzene rings is 2. The molecule has 1 aliphatic carbocycles. The Morgan fingerprint density at radius 3 is 2.52 bits per heavy atom. The predicted molar refractivity (Wildman–Crippen MR) is 117 cm³/mol. The number of aryl methyl sites for hydroxylation is 1. The topological polar surface area (TPSA) is 86.2 Å². The highest BCUT2D eigenvalue weighted by atomic mass is 16.7. The summed E-state index contributed by atoms with van der Waals surface area (Å²) in [6.45, 7) is 1.68. The second-order valence-electron chi connectivity index (χ2n) is 7.46. The summed E-state index contributed by atoms with van der Waals surface area (Å²) >= 11 is 0. The molecule has 7 heteroatoms. The first-order valence-electron chi connectivity index (χ1n) is 10.3. The van der Waals surface area contributed by atoms with Crippen LogP contribution in [-0.2, 0) is 33.7 Å². The van der Waals surface area contributed by atoms with Gasteiger partial charge in [-0.3, -0.25) is 4.79 Å². The number of amides is 1. The van der Waals surface area contributed by atoms with Gasteiger partial charge in [-0.15, -0.1) is 0 Å². The van der Waals surface area contributed by atoms with Crippen LogP contribution >= 0.6 is 0 Å². The summed E-state index contributed by atoms with van der Waals surface area (Å²) in [6, 6.07) is 13.8. The van der Waals surface area contributed by atoms with Crippen molar-refractivity contribution in [1.82, 2.24) is 5.32 Å². The van der Waals surface area contributed by atoms with Crippen LogP contribution in [0, 0.1) is 5.92 Å². The first-order valence-corrected chi connectivity index (χ1v) is 10.3. The minimum atomic E-state index is -0.549. The Hall–Kier alpha value is -3.35. The third-order valence-corrected chi connectivity index (χ3v) is 5.39. The summed E-state index contributed by atoms with van der Waals surface area (Å²) in [6.07, 6.45) is 2.94. The summed E-state index contributed by atoms with van der Waals surface area (Å²) in [5, 5.41) is 6.82. The van der Waals surface area contributed by atoms with Crippen molar-refractivity contribution in [2.45, 2.75) is 32.6 Å². The first kappa shape index (κ1) is 22.3. The fourth-order valence-corrected chi connectivity index (χ4v) is 3.79. The number of nitrogens with zero attached hydrogens (tertiary/aromatic N) is 1. The molecule has 0 saturated carbocycles. The molecule has 0 radical (unpaired) electrons. The molecule has 0 saturated heterocycles. The minimum absolute atomic E-state index is 0.102. The second kappa shape index (κ2) is 10.6. The Morgan fingerprint density at radius 1 is 1.06 bits per heavy atom. The van der Waals surface area contributed by atoms with E-state index in [-0.39, 0.29) is 17.5 Å². The molecule has 0 aromatic heterocycles. The molecule has 1 unspecified atom stereocenters. The number of hydrogen-bond acceptors (Lipinski definition) is 6. The van der Waals surface area contributed by atoms with E-state index >= 15 is 0 Å². The molecule has 1 amide bonds. The lowest BCUT2D eigenvalue weighted by Crippen LogP contribution is -2.39. The number of fused-ring (bicyclic) bond motifs is 1. The maximum Gasteiger partial charge on any atom is 0.331 e. The third-order valence-electron chi connectivity index (χ3n) is 5.39. The smallest absolute Gasteiger partial charge is 0.331 e. The molecular weight excluding hydrogens is 396 g/mol. The minimum Gasteiger partial charge on any atom is -0.493 e. The largest absolute Gasteiger partial charge is 0.493 e. The number of carbonyl (C=O) groups is 2. The van der Waals surface area contributed by atoms with Crippen molar-refractivity contribution in [3.8, 4) is 11.5 Å². The number of nitrogens with one attached hydrogen (secondary N) is 1.